The molecular weight excluding hydrogens is 257 g/mol. The quantitative estimate of drug-likeness (QED) is 0.660. The minimum absolute atomic E-state index is 0.147. The highest BCUT2D eigenvalue weighted by Crippen LogP contribution is 2.36. The highest BCUT2D eigenvalue weighted by atomic mass is 31.2. The van der Waals surface area contributed by atoms with Crippen LogP contribution in [0.1, 0.15) is 41.5 Å². The molecule has 3 N–H and O–H groups in total. The fraction of sp³-hybridized carbons (Fsp3) is 0.909. The molecule has 0 radical (unpaired) electrons. The van der Waals surface area contributed by atoms with Crippen molar-refractivity contribution in [1.29, 1.82) is 0 Å². The molecule has 1 atom stereocenters. The van der Waals surface area contributed by atoms with Gasteiger partial charge in [0.15, 0.2) is 5.78 Å². The molecule has 18 heavy (non-hydrogen) atoms. The maximum absolute atomic E-state index is 12.2. The number of carbonyl (C=O) groups is 1. The number of ketones is 1. The Morgan fingerprint density at radius 2 is 1.67 bits per heavy atom. The summed E-state index contributed by atoms with van der Waals surface area (Å²) in [5.74, 6) is -0.147. The predicted molar refractivity (Wildman–Crippen MR) is 69.1 cm³/mol. The Kier molecular flexibility index (Phi) is 5.72. The minimum atomic E-state index is -4.57. The molecular formula is C11H24NO5P. The van der Waals surface area contributed by atoms with Gasteiger partial charge in [-0.3, -0.25) is 9.32 Å². The molecule has 7 heteroatoms. The van der Waals surface area contributed by atoms with E-state index >= 15 is 0 Å². The van der Waals surface area contributed by atoms with E-state index in [1.165, 1.54) is 0 Å². The van der Waals surface area contributed by atoms with E-state index in [2.05, 4.69) is 9.84 Å². The topological polar surface area (TPSA) is 95.9 Å². The zero-order valence-electron chi connectivity index (χ0n) is 11.9. The summed E-state index contributed by atoms with van der Waals surface area (Å²) in [4.78, 5) is 29.6. The van der Waals surface area contributed by atoms with E-state index in [9.17, 15) is 9.36 Å². The van der Waals surface area contributed by atoms with Crippen molar-refractivity contribution in [2.45, 2.75) is 53.1 Å². The molecule has 0 heterocycles. The zero-order chi connectivity index (χ0) is 14.8. The van der Waals surface area contributed by atoms with E-state index in [1.54, 1.807) is 20.8 Å². The maximum atomic E-state index is 12.2. The van der Waals surface area contributed by atoms with Crippen LogP contribution in [0, 0.1) is 5.41 Å². The third-order valence-corrected chi connectivity index (χ3v) is 2.56. The molecule has 0 saturated heterocycles. The van der Waals surface area contributed by atoms with Crippen LogP contribution in [0.25, 0.3) is 0 Å². The molecule has 0 unspecified atom stereocenters. The second-order valence-corrected chi connectivity index (χ2v) is 7.59. The third kappa shape index (κ3) is 7.95. The minimum Gasteiger partial charge on any atom is -0.303 e. The van der Waals surface area contributed by atoms with Gasteiger partial charge >= 0.3 is 7.82 Å². The second-order valence-electron chi connectivity index (χ2n) is 6.35. The van der Waals surface area contributed by atoms with Gasteiger partial charge < -0.3 is 15.1 Å². The number of nitrogens with one attached hydrogen (secondary N) is 1. The van der Waals surface area contributed by atoms with Crippen LogP contribution in [0.2, 0.25) is 0 Å². The smallest absolute Gasteiger partial charge is 0.303 e. The van der Waals surface area contributed by atoms with Crippen molar-refractivity contribution >= 4 is 13.6 Å². The van der Waals surface area contributed by atoms with Crippen LogP contribution in [0.4, 0.5) is 0 Å². The van der Waals surface area contributed by atoms with Gasteiger partial charge in [0.2, 0.25) is 0 Å². The van der Waals surface area contributed by atoms with Crippen LogP contribution >= 0.6 is 7.82 Å². The lowest BCUT2D eigenvalue weighted by molar-refractivity contribution is -0.129. The van der Waals surface area contributed by atoms with Crippen LogP contribution in [0.3, 0.4) is 0 Å². The molecule has 0 spiro atoms. The lowest BCUT2D eigenvalue weighted by Crippen LogP contribution is -2.52. The van der Waals surface area contributed by atoms with Crippen LogP contribution in [-0.2, 0) is 13.9 Å². The second kappa shape index (κ2) is 5.80. The molecule has 0 aromatic carbocycles. The van der Waals surface area contributed by atoms with Crippen molar-refractivity contribution in [2.75, 3.05) is 6.61 Å². The van der Waals surface area contributed by atoms with Gasteiger partial charge in [0, 0.05) is 11.0 Å². The molecule has 0 saturated carbocycles. The van der Waals surface area contributed by atoms with Crippen LogP contribution < -0.4 is 5.32 Å². The van der Waals surface area contributed by atoms with Gasteiger partial charge in [0.25, 0.3) is 0 Å². The van der Waals surface area contributed by atoms with E-state index in [1.807, 2.05) is 20.8 Å². The Labute approximate surface area is 108 Å². The number of hydrogen-bond donors (Lipinski definition) is 3. The normalized spacial score (nSPS) is 15.6. The zero-order valence-corrected chi connectivity index (χ0v) is 12.7. The Bertz CT molecular complexity index is 336. The standard InChI is InChI=1S/C11H24NO5P/c1-10(2,3)9(13)8(12-11(4,5)6)7-17-18(14,15)16/h8,12H,7H2,1-6H3,(H2,14,15,16)/t8-/m0/s1. The Balaban J connectivity index is 4.85. The fourth-order valence-corrected chi connectivity index (χ4v) is 1.74. The molecule has 0 aliphatic rings. The van der Waals surface area contributed by atoms with Gasteiger partial charge in [-0.15, -0.1) is 0 Å². The summed E-state index contributed by atoms with van der Waals surface area (Å²) < 4.78 is 15.1. The molecule has 0 aromatic heterocycles. The number of phosphoric ester groups is 1. The Morgan fingerprint density at radius 3 is 1.94 bits per heavy atom. The lowest BCUT2D eigenvalue weighted by Gasteiger charge is -2.31. The van der Waals surface area contributed by atoms with Gasteiger partial charge in [-0.2, -0.15) is 0 Å². The molecule has 0 fully saturated rings. The lowest BCUT2D eigenvalue weighted by atomic mass is 9.86. The number of Topliss-reactive ketones (excluding diaryl/α,β-unsaturated/α-hetero) is 1. The van der Waals surface area contributed by atoms with E-state index in [0.717, 1.165) is 0 Å². The highest BCUT2D eigenvalue weighted by Gasteiger charge is 2.33. The molecule has 0 bridgehead atoms. The monoisotopic (exact) mass is 281 g/mol. The van der Waals surface area contributed by atoms with Crippen molar-refractivity contribution in [1.82, 2.24) is 5.32 Å². The first-order valence-corrected chi connectivity index (χ1v) is 7.27. The average Bonchev–Trinajstić information content (AvgIpc) is 2.06. The molecule has 6 nitrogen and oxygen atoms in total. The van der Waals surface area contributed by atoms with Gasteiger partial charge in [0.1, 0.15) is 0 Å². The summed E-state index contributed by atoms with van der Waals surface area (Å²) in [5.41, 5.74) is -0.967. The SMILES string of the molecule is CC(C)(C)N[C@@H](COP(=O)(O)O)C(=O)C(C)(C)C. The van der Waals surface area contributed by atoms with Gasteiger partial charge in [0.05, 0.1) is 12.6 Å². The third-order valence-electron chi connectivity index (χ3n) is 2.07. The van der Waals surface area contributed by atoms with Crippen LogP contribution in [0.15, 0.2) is 0 Å². The van der Waals surface area contributed by atoms with Gasteiger partial charge in [-0.1, -0.05) is 20.8 Å². The van der Waals surface area contributed by atoms with Gasteiger partial charge in [-0.25, -0.2) is 4.57 Å². The first-order valence-electron chi connectivity index (χ1n) is 5.74. The Morgan fingerprint density at radius 1 is 1.22 bits per heavy atom. The molecule has 108 valence electrons. The van der Waals surface area contributed by atoms with Crippen molar-refractivity contribution in [2.24, 2.45) is 5.41 Å². The summed E-state index contributed by atoms with van der Waals surface area (Å²) in [7, 11) is -4.57. The Hall–Kier alpha value is -0.260. The van der Waals surface area contributed by atoms with Crippen LogP contribution in [-0.4, -0.2) is 33.8 Å². The van der Waals surface area contributed by atoms with E-state index in [4.69, 9.17) is 9.79 Å². The van der Waals surface area contributed by atoms with Crippen molar-refractivity contribution in [3.05, 3.63) is 0 Å². The van der Waals surface area contributed by atoms with E-state index in [0.29, 0.717) is 0 Å². The van der Waals surface area contributed by atoms with Crippen molar-refractivity contribution in [3.63, 3.8) is 0 Å². The molecule has 0 aliphatic carbocycles. The first-order chi connectivity index (χ1) is 7.72. The number of rotatable bonds is 5. The molecule has 0 aromatic rings. The highest BCUT2D eigenvalue weighted by molar-refractivity contribution is 7.46. The number of hydrogen-bond acceptors (Lipinski definition) is 4. The van der Waals surface area contributed by atoms with Gasteiger partial charge in [-0.05, 0) is 20.8 Å². The maximum Gasteiger partial charge on any atom is 0.469 e. The summed E-state index contributed by atoms with van der Waals surface area (Å²) in [6.07, 6.45) is 0. The van der Waals surface area contributed by atoms with Crippen molar-refractivity contribution < 1.29 is 23.7 Å². The number of phosphoric acid groups is 1. The summed E-state index contributed by atoms with van der Waals surface area (Å²) in [6.45, 7) is 10.5. The largest absolute Gasteiger partial charge is 0.469 e. The molecule has 0 amide bonds. The summed E-state index contributed by atoms with van der Waals surface area (Å²) >= 11 is 0. The number of carbonyl (C=O) groups excluding carboxylic acids is 1. The summed E-state index contributed by atoms with van der Waals surface area (Å²) in [6, 6.07) is -0.752. The van der Waals surface area contributed by atoms with E-state index in [-0.39, 0.29) is 17.9 Å². The average molecular weight is 281 g/mol. The van der Waals surface area contributed by atoms with Crippen molar-refractivity contribution in [3.8, 4) is 0 Å². The molecule has 0 aliphatic heterocycles. The van der Waals surface area contributed by atoms with Crippen LogP contribution in [0.5, 0.6) is 0 Å². The fourth-order valence-electron chi connectivity index (χ4n) is 1.40. The molecule has 0 rings (SSSR count). The van der Waals surface area contributed by atoms with E-state index < -0.39 is 19.3 Å². The first kappa shape index (κ1) is 17.7. The summed E-state index contributed by atoms with van der Waals surface area (Å²) in [5, 5.41) is 3.02. The predicted octanol–water partition coefficient (Wildman–Crippen LogP) is 1.47.